The van der Waals surface area contributed by atoms with Gasteiger partial charge >= 0.3 is 0 Å². The van der Waals surface area contributed by atoms with Crippen molar-refractivity contribution in [1.29, 1.82) is 0 Å². The maximum absolute atomic E-state index is 12.2. The summed E-state index contributed by atoms with van der Waals surface area (Å²) >= 11 is 8.07. The quantitative estimate of drug-likeness (QED) is 0.710. The molecule has 0 spiro atoms. The second-order valence-electron chi connectivity index (χ2n) is 5.63. The van der Waals surface area contributed by atoms with Gasteiger partial charge in [-0.15, -0.1) is 0 Å². The molecule has 1 aliphatic rings. The summed E-state index contributed by atoms with van der Waals surface area (Å²) in [4.78, 5) is 25.7. The molecule has 0 aromatic heterocycles. The number of nitrogens with one attached hydrogen (secondary N) is 1. The molecule has 2 amide bonds. The standard InChI is InChI=1S/C18H16ClIN2O2/c19-15-8-5-13(10-16(15)20)18(24)21-11-12-3-6-14(7-4-12)22-9-1-2-17(22)23/h3-8,10H,1-2,9,11H2,(H,21,24). The number of carbonyl (C=O) groups is 2. The van der Waals surface area contributed by atoms with Crippen molar-refractivity contribution in [2.45, 2.75) is 19.4 Å². The first-order chi connectivity index (χ1) is 11.5. The van der Waals surface area contributed by atoms with Crippen molar-refractivity contribution < 1.29 is 9.59 Å². The van der Waals surface area contributed by atoms with E-state index in [1.165, 1.54) is 0 Å². The van der Waals surface area contributed by atoms with Crippen LogP contribution in [0.1, 0.15) is 28.8 Å². The zero-order chi connectivity index (χ0) is 17.1. The molecule has 6 heteroatoms. The fourth-order valence-corrected chi connectivity index (χ4v) is 3.27. The fraction of sp³-hybridized carbons (Fsp3) is 0.222. The van der Waals surface area contributed by atoms with Crippen LogP contribution in [0.5, 0.6) is 0 Å². The van der Waals surface area contributed by atoms with E-state index in [2.05, 4.69) is 27.9 Å². The van der Waals surface area contributed by atoms with Gasteiger partial charge in [-0.25, -0.2) is 0 Å². The molecule has 1 saturated heterocycles. The van der Waals surface area contributed by atoms with Crippen LogP contribution >= 0.6 is 34.2 Å². The largest absolute Gasteiger partial charge is 0.348 e. The van der Waals surface area contributed by atoms with E-state index < -0.39 is 0 Å². The maximum atomic E-state index is 12.2. The molecule has 1 N–H and O–H groups in total. The molecule has 0 radical (unpaired) electrons. The van der Waals surface area contributed by atoms with Crippen LogP contribution < -0.4 is 10.2 Å². The third kappa shape index (κ3) is 3.89. The molecule has 3 rings (SSSR count). The second-order valence-corrected chi connectivity index (χ2v) is 7.20. The summed E-state index contributed by atoms with van der Waals surface area (Å²) in [5, 5.41) is 3.53. The van der Waals surface area contributed by atoms with E-state index in [4.69, 9.17) is 11.6 Å². The molecule has 0 bridgehead atoms. The van der Waals surface area contributed by atoms with Gasteiger partial charge in [0.15, 0.2) is 0 Å². The average Bonchev–Trinajstić information content (AvgIpc) is 3.01. The summed E-state index contributed by atoms with van der Waals surface area (Å²) in [6, 6.07) is 12.9. The van der Waals surface area contributed by atoms with Crippen LogP contribution in [0.3, 0.4) is 0 Å². The van der Waals surface area contributed by atoms with Gasteiger partial charge in [0.2, 0.25) is 5.91 Å². The van der Waals surface area contributed by atoms with Crippen molar-refractivity contribution in [2.24, 2.45) is 0 Å². The first-order valence-corrected chi connectivity index (χ1v) is 9.13. The summed E-state index contributed by atoms with van der Waals surface area (Å²) in [5.74, 6) is 0.0387. The van der Waals surface area contributed by atoms with Gasteiger partial charge in [-0.2, -0.15) is 0 Å². The van der Waals surface area contributed by atoms with Gasteiger partial charge in [0, 0.05) is 34.3 Å². The Morgan fingerprint density at radius 1 is 1.21 bits per heavy atom. The number of amides is 2. The third-order valence-electron chi connectivity index (χ3n) is 3.96. The van der Waals surface area contributed by atoms with Gasteiger partial charge in [-0.05, 0) is 64.9 Å². The average molecular weight is 455 g/mol. The first kappa shape index (κ1) is 17.2. The minimum absolute atomic E-state index is 0.136. The van der Waals surface area contributed by atoms with E-state index in [0.29, 0.717) is 23.6 Å². The first-order valence-electron chi connectivity index (χ1n) is 7.67. The number of anilines is 1. The van der Waals surface area contributed by atoms with E-state index in [9.17, 15) is 9.59 Å². The number of rotatable bonds is 4. The topological polar surface area (TPSA) is 49.4 Å². The number of nitrogens with zero attached hydrogens (tertiary/aromatic N) is 1. The van der Waals surface area contributed by atoms with Crippen LogP contribution in [0.2, 0.25) is 5.02 Å². The van der Waals surface area contributed by atoms with Crippen LogP contribution in [-0.4, -0.2) is 18.4 Å². The smallest absolute Gasteiger partial charge is 0.251 e. The Hall–Kier alpha value is -1.60. The molecule has 0 aliphatic carbocycles. The second kappa shape index (κ2) is 7.53. The lowest BCUT2D eigenvalue weighted by Crippen LogP contribution is -2.24. The number of carbonyl (C=O) groups excluding carboxylic acids is 2. The predicted molar refractivity (Wildman–Crippen MR) is 103 cm³/mol. The Balaban J connectivity index is 1.61. The molecule has 1 fully saturated rings. The molecule has 2 aromatic carbocycles. The van der Waals surface area contributed by atoms with Crippen LogP contribution in [0.15, 0.2) is 42.5 Å². The Morgan fingerprint density at radius 3 is 2.58 bits per heavy atom. The minimum atomic E-state index is -0.136. The van der Waals surface area contributed by atoms with Gasteiger partial charge < -0.3 is 10.2 Å². The van der Waals surface area contributed by atoms with E-state index in [0.717, 1.165) is 27.8 Å². The maximum Gasteiger partial charge on any atom is 0.251 e. The SMILES string of the molecule is O=C(NCc1ccc(N2CCCC2=O)cc1)c1ccc(Cl)c(I)c1. The lowest BCUT2D eigenvalue weighted by Gasteiger charge is -2.16. The number of hydrogen-bond donors (Lipinski definition) is 1. The summed E-state index contributed by atoms with van der Waals surface area (Å²) in [6.45, 7) is 1.22. The molecule has 124 valence electrons. The molecule has 1 aliphatic heterocycles. The molecule has 0 unspecified atom stereocenters. The normalized spacial score (nSPS) is 14.1. The molecule has 0 atom stereocenters. The molecule has 2 aromatic rings. The van der Waals surface area contributed by atoms with Gasteiger partial charge in [0.05, 0.1) is 5.02 Å². The monoisotopic (exact) mass is 454 g/mol. The van der Waals surface area contributed by atoms with Crippen molar-refractivity contribution in [3.05, 3.63) is 62.2 Å². The summed E-state index contributed by atoms with van der Waals surface area (Å²) in [6.07, 6.45) is 1.54. The molecule has 0 saturated carbocycles. The zero-order valence-corrected chi connectivity index (χ0v) is 15.8. The lowest BCUT2D eigenvalue weighted by atomic mass is 10.1. The van der Waals surface area contributed by atoms with Crippen LogP contribution in [0, 0.1) is 3.57 Å². The van der Waals surface area contributed by atoms with Gasteiger partial charge in [-0.3, -0.25) is 9.59 Å². The Morgan fingerprint density at radius 2 is 1.96 bits per heavy atom. The van der Waals surface area contributed by atoms with Crippen molar-refractivity contribution in [2.75, 3.05) is 11.4 Å². The van der Waals surface area contributed by atoms with Crippen molar-refractivity contribution in [1.82, 2.24) is 5.32 Å². The fourth-order valence-electron chi connectivity index (χ4n) is 2.64. The van der Waals surface area contributed by atoms with Gasteiger partial charge in [-0.1, -0.05) is 23.7 Å². The zero-order valence-electron chi connectivity index (χ0n) is 12.9. The molecule has 1 heterocycles. The Bertz CT molecular complexity index is 777. The van der Waals surface area contributed by atoms with Crippen LogP contribution in [-0.2, 0) is 11.3 Å². The van der Waals surface area contributed by atoms with Crippen LogP contribution in [0.4, 0.5) is 5.69 Å². The molecule has 4 nitrogen and oxygen atoms in total. The van der Waals surface area contributed by atoms with Gasteiger partial charge in [0.25, 0.3) is 5.91 Å². The van der Waals surface area contributed by atoms with E-state index in [1.807, 2.05) is 24.3 Å². The number of benzene rings is 2. The minimum Gasteiger partial charge on any atom is -0.348 e. The summed E-state index contributed by atoms with van der Waals surface area (Å²) < 4.78 is 0.849. The van der Waals surface area contributed by atoms with Crippen LogP contribution in [0.25, 0.3) is 0 Å². The lowest BCUT2D eigenvalue weighted by molar-refractivity contribution is -0.117. The Kier molecular flexibility index (Phi) is 5.40. The van der Waals surface area contributed by atoms with E-state index in [-0.39, 0.29) is 11.8 Å². The highest BCUT2D eigenvalue weighted by Crippen LogP contribution is 2.22. The van der Waals surface area contributed by atoms with E-state index >= 15 is 0 Å². The number of hydrogen-bond acceptors (Lipinski definition) is 2. The summed E-state index contributed by atoms with van der Waals surface area (Å²) in [5.41, 5.74) is 2.49. The predicted octanol–water partition coefficient (Wildman–Crippen LogP) is 4.00. The van der Waals surface area contributed by atoms with Crippen molar-refractivity contribution >= 4 is 51.7 Å². The third-order valence-corrected chi connectivity index (χ3v) is 5.50. The molecular formula is C18H16ClIN2O2. The highest BCUT2D eigenvalue weighted by Gasteiger charge is 2.21. The molecule has 24 heavy (non-hydrogen) atoms. The Labute approximate surface area is 159 Å². The van der Waals surface area contributed by atoms with Crippen molar-refractivity contribution in [3.63, 3.8) is 0 Å². The molecular weight excluding hydrogens is 439 g/mol. The van der Waals surface area contributed by atoms with Gasteiger partial charge in [0.1, 0.15) is 0 Å². The number of halogens is 2. The highest BCUT2D eigenvalue weighted by atomic mass is 127. The van der Waals surface area contributed by atoms with Crippen molar-refractivity contribution in [3.8, 4) is 0 Å². The highest BCUT2D eigenvalue weighted by molar-refractivity contribution is 14.1. The summed E-state index contributed by atoms with van der Waals surface area (Å²) in [7, 11) is 0. The van der Waals surface area contributed by atoms with E-state index in [1.54, 1.807) is 23.1 Å².